The van der Waals surface area contributed by atoms with Gasteiger partial charge in [0.05, 0.1) is 15.9 Å². The zero-order valence-corrected chi connectivity index (χ0v) is 9.58. The molecule has 78 valence electrons. The lowest BCUT2D eigenvalue weighted by Gasteiger charge is -2.06. The Morgan fingerprint density at radius 2 is 2.36 bits per heavy atom. The molecular formula is C8H12BrN3O2. The zero-order valence-electron chi connectivity index (χ0n) is 7.99. The van der Waals surface area contributed by atoms with Crippen LogP contribution in [0.15, 0.2) is 4.47 Å². The lowest BCUT2D eigenvalue weighted by atomic mass is 10.1. The van der Waals surface area contributed by atoms with Gasteiger partial charge in [-0.05, 0) is 22.9 Å². The highest BCUT2D eigenvalue weighted by Crippen LogP contribution is 2.21. The third-order valence-electron chi connectivity index (χ3n) is 1.99. The standard InChI is InChI=1S/C8H12BrN3O2/c1-4-7(9)6(12(2)11-4)3-5(10)8(13)14/h5H,3,10H2,1-2H3,(H,13,14)/t5-/m1/s1. The second kappa shape index (κ2) is 4.10. The van der Waals surface area contributed by atoms with Gasteiger partial charge in [0, 0.05) is 13.5 Å². The molecule has 0 spiro atoms. The van der Waals surface area contributed by atoms with Crippen LogP contribution in [0.3, 0.4) is 0 Å². The van der Waals surface area contributed by atoms with E-state index in [-0.39, 0.29) is 6.42 Å². The van der Waals surface area contributed by atoms with E-state index in [1.165, 1.54) is 0 Å². The minimum atomic E-state index is -1.00. The molecule has 0 radical (unpaired) electrons. The van der Waals surface area contributed by atoms with Gasteiger partial charge in [0.25, 0.3) is 0 Å². The van der Waals surface area contributed by atoms with Crippen LogP contribution in [0.1, 0.15) is 11.4 Å². The van der Waals surface area contributed by atoms with Crippen LogP contribution in [0.4, 0.5) is 0 Å². The maximum Gasteiger partial charge on any atom is 0.320 e. The minimum absolute atomic E-state index is 0.271. The zero-order chi connectivity index (χ0) is 10.9. The molecule has 0 saturated carbocycles. The molecule has 0 aliphatic heterocycles. The first-order valence-electron chi connectivity index (χ1n) is 4.09. The molecule has 1 aromatic rings. The largest absolute Gasteiger partial charge is 0.480 e. The van der Waals surface area contributed by atoms with Crippen LogP contribution in [-0.2, 0) is 18.3 Å². The highest BCUT2D eigenvalue weighted by molar-refractivity contribution is 9.10. The first kappa shape index (κ1) is 11.2. The van der Waals surface area contributed by atoms with Gasteiger partial charge < -0.3 is 10.8 Å². The van der Waals surface area contributed by atoms with Gasteiger partial charge in [0.15, 0.2) is 0 Å². The summed E-state index contributed by atoms with van der Waals surface area (Å²) in [5.74, 6) is -1.00. The number of rotatable bonds is 3. The number of carboxylic acids is 1. The van der Waals surface area contributed by atoms with Gasteiger partial charge in [-0.1, -0.05) is 0 Å². The summed E-state index contributed by atoms with van der Waals surface area (Å²) in [4.78, 5) is 10.6. The molecule has 0 saturated heterocycles. The summed E-state index contributed by atoms with van der Waals surface area (Å²) in [6, 6.07) is -0.888. The number of carbonyl (C=O) groups is 1. The summed E-state index contributed by atoms with van der Waals surface area (Å²) >= 11 is 3.35. The number of nitrogens with zero attached hydrogens (tertiary/aromatic N) is 2. The molecule has 1 aromatic heterocycles. The van der Waals surface area contributed by atoms with Crippen LogP contribution >= 0.6 is 15.9 Å². The fourth-order valence-electron chi connectivity index (χ4n) is 1.20. The van der Waals surface area contributed by atoms with Gasteiger partial charge in [-0.3, -0.25) is 9.48 Å². The summed E-state index contributed by atoms with van der Waals surface area (Å²) in [5, 5.41) is 12.8. The first-order valence-corrected chi connectivity index (χ1v) is 4.89. The molecule has 6 heteroatoms. The molecule has 0 aliphatic carbocycles. The Labute approximate surface area is 90.0 Å². The molecule has 3 N–H and O–H groups in total. The molecule has 0 aliphatic rings. The van der Waals surface area contributed by atoms with Crippen LogP contribution in [0.25, 0.3) is 0 Å². The highest BCUT2D eigenvalue weighted by Gasteiger charge is 2.18. The van der Waals surface area contributed by atoms with Gasteiger partial charge in [-0.2, -0.15) is 5.10 Å². The summed E-state index contributed by atoms with van der Waals surface area (Å²) in [6.45, 7) is 1.85. The third kappa shape index (κ3) is 2.13. The normalized spacial score (nSPS) is 12.9. The Hall–Kier alpha value is -0.880. The molecule has 0 fully saturated rings. The van der Waals surface area contributed by atoms with Crippen LogP contribution in [0.5, 0.6) is 0 Å². The van der Waals surface area contributed by atoms with Crippen molar-refractivity contribution in [3.63, 3.8) is 0 Å². The number of nitrogens with two attached hydrogens (primary N) is 1. The number of aromatic nitrogens is 2. The van der Waals surface area contributed by atoms with E-state index in [1.807, 2.05) is 6.92 Å². The van der Waals surface area contributed by atoms with E-state index in [0.717, 1.165) is 15.9 Å². The Morgan fingerprint density at radius 3 is 2.71 bits per heavy atom. The van der Waals surface area contributed by atoms with Gasteiger partial charge in [0.2, 0.25) is 0 Å². The lowest BCUT2D eigenvalue weighted by Crippen LogP contribution is -2.33. The van der Waals surface area contributed by atoms with E-state index < -0.39 is 12.0 Å². The van der Waals surface area contributed by atoms with E-state index in [2.05, 4.69) is 21.0 Å². The van der Waals surface area contributed by atoms with E-state index in [0.29, 0.717) is 0 Å². The molecule has 0 unspecified atom stereocenters. The molecule has 5 nitrogen and oxygen atoms in total. The van der Waals surface area contributed by atoms with Crippen LogP contribution in [-0.4, -0.2) is 26.9 Å². The molecule has 0 aromatic carbocycles. The average Bonchev–Trinajstić information content (AvgIpc) is 2.32. The van der Waals surface area contributed by atoms with Crippen molar-refractivity contribution in [1.29, 1.82) is 0 Å². The molecule has 0 amide bonds. The predicted molar refractivity (Wildman–Crippen MR) is 55.0 cm³/mol. The molecule has 1 heterocycles. The van der Waals surface area contributed by atoms with Crippen molar-refractivity contribution in [2.45, 2.75) is 19.4 Å². The van der Waals surface area contributed by atoms with E-state index >= 15 is 0 Å². The van der Waals surface area contributed by atoms with Crippen molar-refractivity contribution >= 4 is 21.9 Å². The van der Waals surface area contributed by atoms with Crippen LogP contribution in [0.2, 0.25) is 0 Å². The van der Waals surface area contributed by atoms with Gasteiger partial charge in [-0.25, -0.2) is 0 Å². The van der Waals surface area contributed by atoms with Crippen molar-refractivity contribution in [3.05, 3.63) is 15.9 Å². The summed E-state index contributed by atoms with van der Waals surface area (Å²) < 4.78 is 2.47. The summed E-state index contributed by atoms with van der Waals surface area (Å²) in [6.07, 6.45) is 0.271. The second-order valence-electron chi connectivity index (χ2n) is 3.12. The topological polar surface area (TPSA) is 81.1 Å². The maximum atomic E-state index is 10.6. The smallest absolute Gasteiger partial charge is 0.320 e. The summed E-state index contributed by atoms with van der Waals surface area (Å²) in [7, 11) is 1.77. The number of hydrogen-bond acceptors (Lipinski definition) is 3. The Bertz CT molecular complexity index is 362. The van der Waals surface area contributed by atoms with Crippen molar-refractivity contribution in [2.24, 2.45) is 12.8 Å². The van der Waals surface area contributed by atoms with Crippen LogP contribution in [0, 0.1) is 6.92 Å². The number of hydrogen-bond donors (Lipinski definition) is 2. The minimum Gasteiger partial charge on any atom is -0.480 e. The van der Waals surface area contributed by atoms with E-state index in [4.69, 9.17) is 10.8 Å². The highest BCUT2D eigenvalue weighted by atomic mass is 79.9. The molecule has 14 heavy (non-hydrogen) atoms. The average molecular weight is 262 g/mol. The third-order valence-corrected chi connectivity index (χ3v) is 3.02. The number of halogens is 1. The summed E-state index contributed by atoms with van der Waals surface area (Å²) in [5.41, 5.74) is 7.07. The number of carboxylic acid groups (broad SMARTS) is 1. The number of aliphatic carboxylic acids is 1. The fourth-order valence-corrected chi connectivity index (χ4v) is 1.70. The van der Waals surface area contributed by atoms with Crippen LogP contribution < -0.4 is 5.73 Å². The molecule has 1 rings (SSSR count). The van der Waals surface area contributed by atoms with Crippen molar-refractivity contribution in [2.75, 3.05) is 0 Å². The quantitative estimate of drug-likeness (QED) is 0.828. The Morgan fingerprint density at radius 1 is 1.79 bits per heavy atom. The molecule has 0 bridgehead atoms. The first-order chi connectivity index (χ1) is 6.43. The Kier molecular flexibility index (Phi) is 3.28. The monoisotopic (exact) mass is 261 g/mol. The van der Waals surface area contributed by atoms with Crippen molar-refractivity contribution < 1.29 is 9.90 Å². The maximum absolute atomic E-state index is 10.6. The van der Waals surface area contributed by atoms with Gasteiger partial charge in [0.1, 0.15) is 6.04 Å². The predicted octanol–water partition coefficient (Wildman–Crippen LogP) is 0.445. The lowest BCUT2D eigenvalue weighted by molar-refractivity contribution is -0.138. The fraction of sp³-hybridized carbons (Fsp3) is 0.500. The van der Waals surface area contributed by atoms with Gasteiger partial charge >= 0.3 is 5.97 Å². The van der Waals surface area contributed by atoms with Crippen molar-refractivity contribution in [3.8, 4) is 0 Å². The molecular weight excluding hydrogens is 250 g/mol. The second-order valence-corrected chi connectivity index (χ2v) is 3.91. The SMILES string of the molecule is Cc1nn(C)c(C[C@@H](N)C(=O)O)c1Br. The van der Waals surface area contributed by atoms with Gasteiger partial charge in [-0.15, -0.1) is 0 Å². The molecule has 1 atom stereocenters. The number of aryl methyl sites for hydroxylation is 2. The Balaban J connectivity index is 2.91. The van der Waals surface area contributed by atoms with E-state index in [9.17, 15) is 4.79 Å². The van der Waals surface area contributed by atoms with Crippen molar-refractivity contribution in [1.82, 2.24) is 9.78 Å². The van der Waals surface area contributed by atoms with E-state index in [1.54, 1.807) is 11.7 Å².